The second kappa shape index (κ2) is 8.29. The van der Waals surface area contributed by atoms with Gasteiger partial charge in [0.05, 0.1) is 5.69 Å². The van der Waals surface area contributed by atoms with Crippen LogP contribution in [0.5, 0.6) is 0 Å². The van der Waals surface area contributed by atoms with Gasteiger partial charge >= 0.3 is 12.3 Å². The smallest absolute Gasteiger partial charge is 0.411 e. The van der Waals surface area contributed by atoms with Crippen LogP contribution in [0.15, 0.2) is 16.5 Å². The van der Waals surface area contributed by atoms with E-state index in [1.165, 1.54) is 12.1 Å². The average molecular weight is 433 g/mol. The van der Waals surface area contributed by atoms with E-state index in [4.69, 9.17) is 9.15 Å². The Morgan fingerprint density at radius 3 is 2.43 bits per heavy atom. The molecule has 1 aromatic carbocycles. The van der Waals surface area contributed by atoms with Crippen LogP contribution in [0.4, 0.5) is 28.0 Å². The zero-order valence-electron chi connectivity index (χ0n) is 16.9. The Morgan fingerprint density at radius 2 is 1.83 bits per heavy atom. The first-order chi connectivity index (χ1) is 13.9. The molecule has 3 rings (SSSR count). The number of halogens is 4. The number of oxazole rings is 1. The molecule has 0 aliphatic carbocycles. The molecule has 0 atom stereocenters. The van der Waals surface area contributed by atoms with Gasteiger partial charge in [-0.1, -0.05) is 0 Å². The zero-order valence-corrected chi connectivity index (χ0v) is 16.9. The highest BCUT2D eigenvalue weighted by Crippen LogP contribution is 2.28. The predicted molar refractivity (Wildman–Crippen MR) is 99.7 cm³/mol. The second-order valence-electron chi connectivity index (χ2n) is 7.94. The molecule has 0 N–H and O–H groups in total. The van der Waals surface area contributed by atoms with Crippen LogP contribution in [-0.4, -0.2) is 60.5 Å². The SMILES string of the molecule is CC(C)(C)OC(=O)N1CCN(c2cc3oc(COCC(F)(F)F)nc3cc2F)CC1. The number of hydrogen-bond acceptors (Lipinski definition) is 6. The number of fused-ring (bicyclic) bond motifs is 1. The van der Waals surface area contributed by atoms with Crippen molar-refractivity contribution in [2.45, 2.75) is 39.2 Å². The molecular formula is C19H23F4N3O4. The molecule has 0 bridgehead atoms. The van der Waals surface area contributed by atoms with Gasteiger partial charge in [0.1, 0.15) is 30.1 Å². The largest absolute Gasteiger partial charge is 0.444 e. The van der Waals surface area contributed by atoms with E-state index >= 15 is 0 Å². The van der Waals surface area contributed by atoms with Crippen molar-refractivity contribution in [2.24, 2.45) is 0 Å². The van der Waals surface area contributed by atoms with E-state index in [0.29, 0.717) is 26.2 Å². The third-order valence-corrected chi connectivity index (χ3v) is 4.26. The first kappa shape index (κ1) is 22.1. The molecule has 1 saturated heterocycles. The summed E-state index contributed by atoms with van der Waals surface area (Å²) in [5.74, 6) is -0.607. The zero-order chi connectivity index (χ0) is 22.1. The molecule has 30 heavy (non-hydrogen) atoms. The van der Waals surface area contributed by atoms with E-state index in [1.54, 1.807) is 30.6 Å². The standard InChI is InChI=1S/C19H23F4N3O4/c1-18(2,3)30-17(27)26-6-4-25(5-7-26)14-9-15-13(8-12(14)20)24-16(29-15)10-28-11-19(21,22)23/h8-9H,4-7,10-11H2,1-3H3. The molecule has 7 nitrogen and oxygen atoms in total. The third-order valence-electron chi connectivity index (χ3n) is 4.26. The summed E-state index contributed by atoms with van der Waals surface area (Å²) in [5, 5.41) is 0. The molecule has 2 heterocycles. The summed E-state index contributed by atoms with van der Waals surface area (Å²) in [4.78, 5) is 19.4. The monoisotopic (exact) mass is 433 g/mol. The Kier molecular flexibility index (Phi) is 6.11. The first-order valence-corrected chi connectivity index (χ1v) is 9.38. The molecular weight excluding hydrogens is 410 g/mol. The molecule has 1 aliphatic rings. The number of ether oxygens (including phenoxy) is 2. The lowest BCUT2D eigenvalue weighted by Gasteiger charge is -2.36. The topological polar surface area (TPSA) is 68.0 Å². The number of hydrogen-bond donors (Lipinski definition) is 0. The number of alkyl halides is 3. The summed E-state index contributed by atoms with van der Waals surface area (Å²) in [6.07, 6.45) is -4.87. The maximum atomic E-state index is 14.6. The van der Waals surface area contributed by atoms with Gasteiger partial charge in [-0.15, -0.1) is 0 Å². The molecule has 0 spiro atoms. The van der Waals surface area contributed by atoms with Crippen molar-refractivity contribution >= 4 is 22.9 Å². The van der Waals surface area contributed by atoms with E-state index in [-0.39, 0.29) is 22.7 Å². The normalized spacial score (nSPS) is 15.7. The molecule has 1 fully saturated rings. The van der Waals surface area contributed by atoms with Crippen LogP contribution in [0.1, 0.15) is 26.7 Å². The number of rotatable bonds is 4. The summed E-state index contributed by atoms with van der Waals surface area (Å²) in [6, 6.07) is 2.62. The van der Waals surface area contributed by atoms with Crippen molar-refractivity contribution in [1.82, 2.24) is 9.88 Å². The van der Waals surface area contributed by atoms with Crippen molar-refractivity contribution in [3.8, 4) is 0 Å². The summed E-state index contributed by atoms with van der Waals surface area (Å²) in [5.41, 5.74) is 0.102. The number of anilines is 1. The average Bonchev–Trinajstić information content (AvgIpc) is 3.00. The van der Waals surface area contributed by atoms with Crippen LogP contribution in [0.25, 0.3) is 11.1 Å². The number of carbonyl (C=O) groups is 1. The van der Waals surface area contributed by atoms with Crippen LogP contribution in [0.2, 0.25) is 0 Å². The molecule has 1 aromatic heterocycles. The van der Waals surface area contributed by atoms with E-state index in [1.807, 2.05) is 0 Å². The minimum absolute atomic E-state index is 0.0689. The molecule has 166 valence electrons. The molecule has 0 radical (unpaired) electrons. The van der Waals surface area contributed by atoms with Crippen molar-refractivity contribution in [3.05, 3.63) is 23.8 Å². The van der Waals surface area contributed by atoms with Gasteiger partial charge in [0.25, 0.3) is 0 Å². The second-order valence-corrected chi connectivity index (χ2v) is 7.94. The van der Waals surface area contributed by atoms with Crippen molar-refractivity contribution in [1.29, 1.82) is 0 Å². The fourth-order valence-electron chi connectivity index (χ4n) is 3.00. The Bertz CT molecular complexity index is 900. The Balaban J connectivity index is 1.65. The number of nitrogens with zero attached hydrogens (tertiary/aromatic N) is 3. The third kappa shape index (κ3) is 5.74. The van der Waals surface area contributed by atoms with Crippen LogP contribution < -0.4 is 4.90 Å². The van der Waals surface area contributed by atoms with Crippen molar-refractivity contribution in [2.75, 3.05) is 37.7 Å². The lowest BCUT2D eigenvalue weighted by molar-refractivity contribution is -0.177. The van der Waals surface area contributed by atoms with Gasteiger partial charge in [0.2, 0.25) is 5.89 Å². The maximum absolute atomic E-state index is 14.6. The van der Waals surface area contributed by atoms with Gasteiger partial charge in [-0.05, 0) is 20.8 Å². The van der Waals surface area contributed by atoms with Crippen LogP contribution in [0, 0.1) is 5.82 Å². The molecule has 0 unspecified atom stereocenters. The maximum Gasteiger partial charge on any atom is 0.411 e. The predicted octanol–water partition coefficient (Wildman–Crippen LogP) is 4.10. The Morgan fingerprint density at radius 1 is 1.17 bits per heavy atom. The Labute approximate surface area is 170 Å². The van der Waals surface area contributed by atoms with E-state index in [0.717, 1.165) is 0 Å². The van der Waals surface area contributed by atoms with E-state index < -0.39 is 36.9 Å². The number of amides is 1. The van der Waals surface area contributed by atoms with Gasteiger partial charge in [0.15, 0.2) is 5.58 Å². The quantitative estimate of drug-likeness (QED) is 0.677. The number of benzene rings is 1. The highest BCUT2D eigenvalue weighted by Gasteiger charge is 2.29. The lowest BCUT2D eigenvalue weighted by atomic mass is 10.2. The van der Waals surface area contributed by atoms with Gasteiger partial charge in [0, 0.05) is 38.3 Å². The van der Waals surface area contributed by atoms with Gasteiger partial charge in [-0.25, -0.2) is 14.2 Å². The minimum atomic E-state index is -4.45. The van der Waals surface area contributed by atoms with E-state index in [2.05, 4.69) is 9.72 Å². The van der Waals surface area contributed by atoms with Crippen molar-refractivity contribution in [3.63, 3.8) is 0 Å². The highest BCUT2D eigenvalue weighted by molar-refractivity contribution is 5.78. The number of piperazine rings is 1. The molecule has 1 aliphatic heterocycles. The summed E-state index contributed by atoms with van der Waals surface area (Å²) < 4.78 is 66.4. The van der Waals surface area contributed by atoms with Gasteiger partial charge in [-0.3, -0.25) is 0 Å². The van der Waals surface area contributed by atoms with Gasteiger partial charge in [-0.2, -0.15) is 13.2 Å². The lowest BCUT2D eigenvalue weighted by Crippen LogP contribution is -2.50. The van der Waals surface area contributed by atoms with Gasteiger partial charge < -0.3 is 23.7 Å². The number of carbonyl (C=O) groups excluding carboxylic acids is 1. The summed E-state index contributed by atoms with van der Waals surface area (Å²) >= 11 is 0. The molecule has 0 saturated carbocycles. The van der Waals surface area contributed by atoms with Crippen LogP contribution >= 0.6 is 0 Å². The summed E-state index contributed by atoms with van der Waals surface area (Å²) in [7, 11) is 0. The molecule has 11 heteroatoms. The fourth-order valence-corrected chi connectivity index (χ4v) is 3.00. The highest BCUT2D eigenvalue weighted by atomic mass is 19.4. The van der Waals surface area contributed by atoms with Crippen molar-refractivity contribution < 1.29 is 36.2 Å². The fraction of sp³-hybridized carbons (Fsp3) is 0.579. The minimum Gasteiger partial charge on any atom is -0.444 e. The summed E-state index contributed by atoms with van der Waals surface area (Å²) in [6.45, 7) is 4.95. The molecule has 1 amide bonds. The Hall–Kier alpha value is -2.56. The van der Waals surface area contributed by atoms with Crippen LogP contribution in [-0.2, 0) is 16.1 Å². The van der Waals surface area contributed by atoms with Crippen LogP contribution in [0.3, 0.4) is 0 Å². The molecule has 2 aromatic rings. The number of aromatic nitrogens is 1. The first-order valence-electron chi connectivity index (χ1n) is 9.38. The van der Waals surface area contributed by atoms with E-state index in [9.17, 15) is 22.4 Å².